The van der Waals surface area contributed by atoms with Gasteiger partial charge in [-0.3, -0.25) is 14.9 Å². The number of allylic oxidation sites excluding steroid dienone is 1. The van der Waals surface area contributed by atoms with Gasteiger partial charge in [0.25, 0.3) is 0 Å². The van der Waals surface area contributed by atoms with Crippen LogP contribution in [0.4, 0.5) is 0 Å². The van der Waals surface area contributed by atoms with Crippen LogP contribution in [0.5, 0.6) is 0 Å². The fourth-order valence-electron chi connectivity index (χ4n) is 1.27. The molecule has 1 unspecified atom stereocenters. The molecule has 0 aliphatic heterocycles. The second-order valence-corrected chi connectivity index (χ2v) is 3.41. The zero-order valence-corrected chi connectivity index (χ0v) is 9.59. The Hall–Kier alpha value is -1.69. The van der Waals surface area contributed by atoms with Crippen LogP contribution in [-0.4, -0.2) is 42.8 Å². The lowest BCUT2D eigenvalue weighted by molar-refractivity contribution is -0.139. The monoisotopic (exact) mass is 242 g/mol. The lowest BCUT2D eigenvalue weighted by Gasteiger charge is -2.12. The van der Waals surface area contributed by atoms with Gasteiger partial charge < -0.3 is 15.2 Å². The summed E-state index contributed by atoms with van der Waals surface area (Å²) in [6.07, 6.45) is 6.22. The third-order valence-electron chi connectivity index (χ3n) is 2.10. The fourth-order valence-corrected chi connectivity index (χ4v) is 1.27. The number of rotatable bonds is 11. The molecule has 96 valence electrons. The van der Waals surface area contributed by atoms with Crippen molar-refractivity contribution in [3.05, 3.63) is 12.3 Å². The first-order valence-corrected chi connectivity index (χ1v) is 5.46. The summed E-state index contributed by atoms with van der Waals surface area (Å²) in [6, 6.07) is -0.675. The van der Waals surface area contributed by atoms with Crippen molar-refractivity contribution >= 4 is 18.5 Å². The van der Waals surface area contributed by atoms with Crippen LogP contribution in [0.25, 0.3) is 0 Å². The summed E-state index contributed by atoms with van der Waals surface area (Å²) in [5.74, 6) is -0.944. The largest absolute Gasteiger partial charge is 0.480 e. The van der Waals surface area contributed by atoms with Crippen molar-refractivity contribution in [1.29, 1.82) is 0 Å². The van der Waals surface area contributed by atoms with Gasteiger partial charge in [-0.25, -0.2) is 0 Å². The number of hydrogen-bond donors (Lipinski definition) is 3. The summed E-state index contributed by atoms with van der Waals surface area (Å²) in [5.41, 5.74) is 0. The SMILES string of the molecule is O=CC=CNCCCCC(NCC=O)C(=O)O. The van der Waals surface area contributed by atoms with E-state index in [9.17, 15) is 14.4 Å². The number of carbonyl (C=O) groups excluding carboxylic acids is 2. The van der Waals surface area contributed by atoms with Crippen LogP contribution >= 0.6 is 0 Å². The predicted octanol–water partition coefficient (Wildman–Crippen LogP) is -0.299. The number of unbranched alkanes of at least 4 members (excludes halogenated alkanes) is 1. The van der Waals surface area contributed by atoms with Crippen LogP contribution in [0.15, 0.2) is 12.3 Å². The van der Waals surface area contributed by atoms with Crippen LogP contribution in [0, 0.1) is 0 Å². The maximum absolute atomic E-state index is 10.8. The molecule has 6 nitrogen and oxygen atoms in total. The van der Waals surface area contributed by atoms with Crippen molar-refractivity contribution in [3.63, 3.8) is 0 Å². The van der Waals surface area contributed by atoms with Crippen LogP contribution in [0.1, 0.15) is 19.3 Å². The van der Waals surface area contributed by atoms with Gasteiger partial charge in [-0.15, -0.1) is 0 Å². The highest BCUT2D eigenvalue weighted by atomic mass is 16.4. The highest BCUT2D eigenvalue weighted by Gasteiger charge is 2.15. The molecule has 0 aromatic rings. The Kier molecular flexibility index (Phi) is 9.74. The summed E-state index contributed by atoms with van der Waals surface area (Å²) in [4.78, 5) is 30.8. The molecular formula is C11H18N2O4. The lowest BCUT2D eigenvalue weighted by Crippen LogP contribution is -2.37. The van der Waals surface area contributed by atoms with Crippen molar-refractivity contribution in [3.8, 4) is 0 Å². The van der Waals surface area contributed by atoms with Crippen molar-refractivity contribution in [2.24, 2.45) is 0 Å². The van der Waals surface area contributed by atoms with E-state index in [1.807, 2.05) is 0 Å². The van der Waals surface area contributed by atoms with Crippen molar-refractivity contribution in [2.75, 3.05) is 13.1 Å². The number of nitrogens with one attached hydrogen (secondary N) is 2. The quantitative estimate of drug-likeness (QED) is 0.261. The molecule has 0 saturated carbocycles. The molecule has 0 aromatic carbocycles. The second kappa shape index (κ2) is 10.8. The standard InChI is InChI=1S/C11H18N2O4/c14-8-3-6-12-5-2-1-4-10(11(16)17)13-7-9-15/h3,6,8-10,12-13H,1-2,4-5,7H2,(H,16,17). The third-order valence-corrected chi connectivity index (χ3v) is 2.10. The van der Waals surface area contributed by atoms with Crippen LogP contribution in [0.2, 0.25) is 0 Å². The van der Waals surface area contributed by atoms with Gasteiger partial charge in [0.15, 0.2) is 0 Å². The average molecular weight is 242 g/mol. The van der Waals surface area contributed by atoms with Gasteiger partial charge in [0.05, 0.1) is 6.54 Å². The maximum Gasteiger partial charge on any atom is 0.320 e. The Bertz CT molecular complexity index is 266. The molecule has 0 radical (unpaired) electrons. The molecule has 0 spiro atoms. The molecule has 0 saturated heterocycles. The zero-order chi connectivity index (χ0) is 12.9. The molecule has 17 heavy (non-hydrogen) atoms. The van der Waals surface area contributed by atoms with Gasteiger partial charge in [-0.2, -0.15) is 0 Å². The van der Waals surface area contributed by atoms with E-state index in [0.717, 1.165) is 12.8 Å². The van der Waals surface area contributed by atoms with Crippen molar-refractivity contribution in [2.45, 2.75) is 25.3 Å². The highest BCUT2D eigenvalue weighted by molar-refractivity contribution is 5.73. The van der Waals surface area contributed by atoms with Gasteiger partial charge in [-0.1, -0.05) is 0 Å². The van der Waals surface area contributed by atoms with Gasteiger partial charge in [-0.05, 0) is 31.5 Å². The summed E-state index contributed by atoms with van der Waals surface area (Å²) in [5, 5.41) is 14.4. The van der Waals surface area contributed by atoms with E-state index in [0.29, 0.717) is 25.5 Å². The lowest BCUT2D eigenvalue weighted by atomic mass is 10.1. The first-order valence-electron chi connectivity index (χ1n) is 5.46. The van der Waals surface area contributed by atoms with E-state index >= 15 is 0 Å². The minimum absolute atomic E-state index is 0.0529. The molecule has 1 atom stereocenters. The Balaban J connectivity index is 3.60. The molecule has 0 aliphatic rings. The number of carboxylic acids is 1. The van der Waals surface area contributed by atoms with Crippen molar-refractivity contribution < 1.29 is 19.5 Å². The van der Waals surface area contributed by atoms with Gasteiger partial charge >= 0.3 is 5.97 Å². The first-order chi connectivity index (χ1) is 8.22. The van der Waals surface area contributed by atoms with Gasteiger partial charge in [0.2, 0.25) is 0 Å². The van der Waals surface area contributed by atoms with Gasteiger partial charge in [0, 0.05) is 6.54 Å². The van der Waals surface area contributed by atoms with E-state index in [2.05, 4.69) is 10.6 Å². The Labute approximate surface area is 100 Å². The minimum Gasteiger partial charge on any atom is -0.480 e. The third kappa shape index (κ3) is 9.25. The van der Waals surface area contributed by atoms with E-state index < -0.39 is 12.0 Å². The molecule has 0 aromatic heterocycles. The van der Waals surface area contributed by atoms with E-state index in [1.165, 1.54) is 6.08 Å². The summed E-state index contributed by atoms with van der Waals surface area (Å²) in [7, 11) is 0. The van der Waals surface area contributed by atoms with Gasteiger partial charge in [0.1, 0.15) is 18.6 Å². The van der Waals surface area contributed by atoms with Crippen molar-refractivity contribution in [1.82, 2.24) is 10.6 Å². The fraction of sp³-hybridized carbons (Fsp3) is 0.545. The van der Waals surface area contributed by atoms with Crippen LogP contribution < -0.4 is 10.6 Å². The van der Waals surface area contributed by atoms with E-state index in [4.69, 9.17) is 5.11 Å². The summed E-state index contributed by atoms with van der Waals surface area (Å²) in [6.45, 7) is 0.738. The van der Waals surface area contributed by atoms with E-state index in [1.54, 1.807) is 6.20 Å². The van der Waals surface area contributed by atoms with E-state index in [-0.39, 0.29) is 6.54 Å². The molecule has 3 N–H and O–H groups in total. The number of aldehydes is 2. The molecular weight excluding hydrogens is 224 g/mol. The summed E-state index contributed by atoms with van der Waals surface area (Å²) >= 11 is 0. The second-order valence-electron chi connectivity index (χ2n) is 3.41. The topological polar surface area (TPSA) is 95.5 Å². The van der Waals surface area contributed by atoms with Crippen LogP contribution in [0.3, 0.4) is 0 Å². The molecule has 0 fully saturated rings. The Morgan fingerprint density at radius 1 is 1.29 bits per heavy atom. The summed E-state index contributed by atoms with van der Waals surface area (Å²) < 4.78 is 0. The number of aliphatic carboxylic acids is 1. The molecule has 0 heterocycles. The predicted molar refractivity (Wildman–Crippen MR) is 62.5 cm³/mol. The van der Waals surface area contributed by atoms with Crippen LogP contribution in [-0.2, 0) is 14.4 Å². The Morgan fingerprint density at radius 2 is 2.06 bits per heavy atom. The molecule has 0 rings (SSSR count). The smallest absolute Gasteiger partial charge is 0.320 e. The Morgan fingerprint density at radius 3 is 2.65 bits per heavy atom. The number of hydrogen-bond acceptors (Lipinski definition) is 5. The first kappa shape index (κ1) is 15.3. The maximum atomic E-state index is 10.8. The normalized spacial score (nSPS) is 12.2. The average Bonchev–Trinajstić information content (AvgIpc) is 2.31. The molecule has 6 heteroatoms. The number of carbonyl (C=O) groups is 3. The molecule has 0 amide bonds. The molecule has 0 bridgehead atoms. The number of carboxylic acid groups (broad SMARTS) is 1. The highest BCUT2D eigenvalue weighted by Crippen LogP contribution is 2.00. The minimum atomic E-state index is -0.944. The zero-order valence-electron chi connectivity index (χ0n) is 9.59. The molecule has 0 aliphatic carbocycles.